The molecule has 2 rings (SSSR count). The average molecular weight is 274 g/mol. The lowest BCUT2D eigenvalue weighted by molar-refractivity contribution is 0.234. The van der Waals surface area contributed by atoms with E-state index in [1.54, 1.807) is 18.2 Å². The lowest BCUT2D eigenvalue weighted by atomic mass is 9.88. The van der Waals surface area contributed by atoms with E-state index in [0.29, 0.717) is 15.7 Å². The van der Waals surface area contributed by atoms with E-state index in [4.69, 9.17) is 28.9 Å². The number of benzene rings is 1. The Morgan fingerprint density at radius 1 is 1.24 bits per heavy atom. The second-order valence-electron chi connectivity index (χ2n) is 4.18. The van der Waals surface area contributed by atoms with Crippen LogP contribution in [0.5, 0.6) is 0 Å². The number of hydrogen-bond acceptors (Lipinski definition) is 2. The monoisotopic (exact) mass is 273 g/mol. The van der Waals surface area contributed by atoms with E-state index in [0.717, 1.165) is 12.8 Å². The first-order valence-electron chi connectivity index (χ1n) is 5.32. The summed E-state index contributed by atoms with van der Waals surface area (Å²) in [6.45, 7) is 0. The van der Waals surface area contributed by atoms with Crippen molar-refractivity contribution in [1.29, 1.82) is 0 Å². The molecule has 1 fully saturated rings. The molecular formula is C11H13Cl2N3O. The van der Waals surface area contributed by atoms with Crippen LogP contribution in [-0.4, -0.2) is 18.1 Å². The number of anilines is 1. The Morgan fingerprint density at radius 3 is 2.35 bits per heavy atom. The fourth-order valence-corrected chi connectivity index (χ4v) is 2.28. The van der Waals surface area contributed by atoms with Crippen molar-refractivity contribution >= 4 is 34.9 Å². The first-order chi connectivity index (χ1) is 8.02. The number of hydrogen-bond donors (Lipinski definition) is 3. The van der Waals surface area contributed by atoms with Crippen LogP contribution >= 0.6 is 23.2 Å². The third-order valence-electron chi connectivity index (χ3n) is 2.63. The smallest absolute Gasteiger partial charge is 0.319 e. The molecule has 0 aromatic heterocycles. The molecule has 4 N–H and O–H groups in total. The fraction of sp³-hybridized carbons (Fsp3) is 0.364. The van der Waals surface area contributed by atoms with E-state index >= 15 is 0 Å². The van der Waals surface area contributed by atoms with Crippen LogP contribution in [0.1, 0.15) is 12.8 Å². The predicted octanol–water partition coefficient (Wildman–Crippen LogP) is 2.60. The summed E-state index contributed by atoms with van der Waals surface area (Å²) in [5, 5.41) is 6.47. The average Bonchev–Trinajstić information content (AvgIpc) is 2.13. The van der Waals surface area contributed by atoms with Gasteiger partial charge in [0.15, 0.2) is 0 Å². The van der Waals surface area contributed by atoms with E-state index in [-0.39, 0.29) is 18.1 Å². The lowest BCUT2D eigenvalue weighted by Crippen LogP contribution is -2.51. The molecule has 0 heterocycles. The van der Waals surface area contributed by atoms with Crippen molar-refractivity contribution in [1.82, 2.24) is 5.32 Å². The maximum atomic E-state index is 11.6. The van der Waals surface area contributed by atoms with Crippen molar-refractivity contribution in [2.24, 2.45) is 5.73 Å². The van der Waals surface area contributed by atoms with Crippen LogP contribution in [0.25, 0.3) is 0 Å². The number of carbonyl (C=O) groups is 1. The zero-order chi connectivity index (χ0) is 12.4. The summed E-state index contributed by atoms with van der Waals surface area (Å²) in [5.74, 6) is 0. The van der Waals surface area contributed by atoms with Crippen molar-refractivity contribution in [3.63, 3.8) is 0 Å². The van der Waals surface area contributed by atoms with E-state index in [2.05, 4.69) is 10.6 Å². The molecule has 0 atom stereocenters. The number of nitrogens with one attached hydrogen (secondary N) is 2. The highest BCUT2D eigenvalue weighted by molar-refractivity contribution is 6.35. The zero-order valence-electron chi connectivity index (χ0n) is 9.04. The molecule has 0 bridgehead atoms. The van der Waals surface area contributed by atoms with Crippen LogP contribution in [0.2, 0.25) is 10.0 Å². The summed E-state index contributed by atoms with van der Waals surface area (Å²) >= 11 is 11.6. The van der Waals surface area contributed by atoms with E-state index in [9.17, 15) is 4.79 Å². The molecule has 1 aromatic carbocycles. The van der Waals surface area contributed by atoms with Crippen LogP contribution in [0.15, 0.2) is 18.2 Å². The van der Waals surface area contributed by atoms with Gasteiger partial charge in [0.25, 0.3) is 0 Å². The maximum absolute atomic E-state index is 11.6. The van der Waals surface area contributed by atoms with Gasteiger partial charge in [-0.05, 0) is 31.0 Å². The molecule has 17 heavy (non-hydrogen) atoms. The number of rotatable bonds is 2. The van der Waals surface area contributed by atoms with Crippen molar-refractivity contribution in [2.75, 3.05) is 5.32 Å². The Bertz CT molecular complexity index is 412. The van der Waals surface area contributed by atoms with Gasteiger partial charge in [-0.15, -0.1) is 0 Å². The third-order valence-corrected chi connectivity index (χ3v) is 3.07. The highest BCUT2D eigenvalue weighted by Crippen LogP contribution is 2.22. The second-order valence-corrected chi connectivity index (χ2v) is 5.06. The molecular weight excluding hydrogens is 261 g/mol. The van der Waals surface area contributed by atoms with Gasteiger partial charge in [-0.3, -0.25) is 0 Å². The molecule has 0 radical (unpaired) electrons. The van der Waals surface area contributed by atoms with Crippen LogP contribution in [0, 0.1) is 0 Å². The van der Waals surface area contributed by atoms with Crippen LogP contribution in [-0.2, 0) is 0 Å². The summed E-state index contributed by atoms with van der Waals surface area (Å²) in [5.41, 5.74) is 6.20. The molecule has 92 valence electrons. The molecule has 0 spiro atoms. The molecule has 1 aliphatic carbocycles. The Kier molecular flexibility index (Phi) is 3.76. The first-order valence-corrected chi connectivity index (χ1v) is 6.08. The highest BCUT2D eigenvalue weighted by Gasteiger charge is 2.27. The first kappa shape index (κ1) is 12.5. The van der Waals surface area contributed by atoms with Gasteiger partial charge in [-0.25, -0.2) is 4.79 Å². The van der Waals surface area contributed by atoms with Crippen molar-refractivity contribution < 1.29 is 4.79 Å². The Balaban J connectivity index is 1.89. The van der Waals surface area contributed by atoms with Crippen LogP contribution in [0.3, 0.4) is 0 Å². The van der Waals surface area contributed by atoms with Gasteiger partial charge in [0.05, 0.1) is 0 Å². The van der Waals surface area contributed by atoms with E-state index in [1.807, 2.05) is 0 Å². The topological polar surface area (TPSA) is 67.1 Å². The minimum atomic E-state index is -0.264. The van der Waals surface area contributed by atoms with Gasteiger partial charge in [0.2, 0.25) is 0 Å². The quantitative estimate of drug-likeness (QED) is 0.776. The Hall–Kier alpha value is -0.970. The minimum Gasteiger partial charge on any atom is -0.335 e. The molecule has 0 unspecified atom stereocenters. The van der Waals surface area contributed by atoms with Gasteiger partial charge in [0, 0.05) is 27.8 Å². The molecule has 4 nitrogen and oxygen atoms in total. The Morgan fingerprint density at radius 2 is 1.82 bits per heavy atom. The molecule has 0 saturated heterocycles. The molecule has 1 saturated carbocycles. The number of urea groups is 1. The van der Waals surface area contributed by atoms with Crippen LogP contribution < -0.4 is 16.4 Å². The van der Waals surface area contributed by atoms with Crippen molar-refractivity contribution in [3.8, 4) is 0 Å². The number of amides is 2. The van der Waals surface area contributed by atoms with Crippen molar-refractivity contribution in [2.45, 2.75) is 24.9 Å². The van der Waals surface area contributed by atoms with Gasteiger partial charge >= 0.3 is 6.03 Å². The second kappa shape index (κ2) is 5.12. The van der Waals surface area contributed by atoms with Gasteiger partial charge < -0.3 is 16.4 Å². The summed E-state index contributed by atoms with van der Waals surface area (Å²) in [6, 6.07) is 5.00. The zero-order valence-corrected chi connectivity index (χ0v) is 10.6. The standard InChI is InChI=1S/C11H13Cl2N3O/c12-6-1-7(13)3-9(2-6)15-11(17)16-10-4-8(14)5-10/h1-3,8,10H,4-5,14H2,(H2,15,16,17). The molecule has 1 aliphatic rings. The van der Waals surface area contributed by atoms with E-state index in [1.165, 1.54) is 0 Å². The largest absolute Gasteiger partial charge is 0.335 e. The van der Waals surface area contributed by atoms with Crippen LogP contribution in [0.4, 0.5) is 10.5 Å². The predicted molar refractivity (Wildman–Crippen MR) is 69.6 cm³/mol. The maximum Gasteiger partial charge on any atom is 0.319 e. The number of carbonyl (C=O) groups excluding carboxylic acids is 1. The van der Waals surface area contributed by atoms with Gasteiger partial charge in [0.1, 0.15) is 0 Å². The summed E-state index contributed by atoms with van der Waals surface area (Å²) < 4.78 is 0. The SMILES string of the molecule is NC1CC(NC(=O)Nc2cc(Cl)cc(Cl)c2)C1. The number of nitrogens with two attached hydrogens (primary N) is 1. The third kappa shape index (κ3) is 3.49. The minimum absolute atomic E-state index is 0.166. The summed E-state index contributed by atoms with van der Waals surface area (Å²) in [4.78, 5) is 11.6. The summed E-state index contributed by atoms with van der Waals surface area (Å²) in [7, 11) is 0. The number of halogens is 2. The Labute approximate surface area is 109 Å². The summed E-state index contributed by atoms with van der Waals surface area (Å²) in [6.07, 6.45) is 1.65. The molecule has 2 amide bonds. The lowest BCUT2D eigenvalue weighted by Gasteiger charge is -2.32. The molecule has 0 aliphatic heterocycles. The molecule has 6 heteroatoms. The fourth-order valence-electron chi connectivity index (χ4n) is 1.76. The van der Waals surface area contributed by atoms with Gasteiger partial charge in [-0.1, -0.05) is 23.2 Å². The van der Waals surface area contributed by atoms with Crippen molar-refractivity contribution in [3.05, 3.63) is 28.2 Å². The van der Waals surface area contributed by atoms with E-state index < -0.39 is 0 Å². The molecule has 1 aromatic rings. The van der Waals surface area contributed by atoms with Gasteiger partial charge in [-0.2, -0.15) is 0 Å². The highest BCUT2D eigenvalue weighted by atomic mass is 35.5. The normalized spacial score (nSPS) is 22.8.